The summed E-state index contributed by atoms with van der Waals surface area (Å²) in [5, 5.41) is 101. The minimum absolute atomic E-state index is 0.0825. The first-order valence-electron chi connectivity index (χ1n) is 23.2. The first kappa shape index (κ1) is 51.4. The number of methoxy groups -OCH3 is 1. The first-order chi connectivity index (χ1) is 32.2. The lowest BCUT2D eigenvalue weighted by Crippen LogP contribution is -2.65. The number of phenols is 2. The number of carbonyl (C=O) groups excluding carboxylic acids is 3. The molecule has 8 rings (SSSR count). The average Bonchev–Trinajstić information content (AvgIpc) is 3.24. The van der Waals surface area contributed by atoms with Crippen LogP contribution in [-0.4, -0.2) is 180 Å². The zero-order chi connectivity index (χ0) is 50.6. The number of Topliss-reactive ketones (excluding diaryl/α,β-unsaturated/α-hetero) is 3. The highest BCUT2D eigenvalue weighted by Gasteiger charge is 2.65. The highest BCUT2D eigenvalue weighted by atomic mass is 16.7. The molecule has 4 heterocycles. The number of rotatable bonds is 10. The van der Waals surface area contributed by atoms with Crippen molar-refractivity contribution in [2.24, 2.45) is 5.92 Å². The molecule has 2 aliphatic carbocycles. The maximum Gasteiger partial charge on any atom is 0.207 e. The second-order valence-corrected chi connectivity index (χ2v) is 20.0. The number of phenolic OH excluding ortho intramolecular Hbond substituents is 2. The Morgan fingerprint density at radius 1 is 0.768 bits per heavy atom. The highest BCUT2D eigenvalue weighted by molar-refractivity contribution is 6.25. The van der Waals surface area contributed by atoms with Crippen LogP contribution in [0.2, 0.25) is 0 Å². The summed E-state index contributed by atoms with van der Waals surface area (Å²) in [6, 6.07) is 2.98. The van der Waals surface area contributed by atoms with Gasteiger partial charge in [0.2, 0.25) is 12.1 Å². The Morgan fingerprint density at radius 3 is 1.96 bits per heavy atom. The molecule has 0 radical (unpaired) electrons. The Labute approximate surface area is 397 Å². The molecule has 0 aromatic heterocycles. The molecule has 21 heteroatoms. The van der Waals surface area contributed by atoms with Crippen LogP contribution in [0.15, 0.2) is 23.5 Å². The number of hydrogen-bond acceptors (Lipinski definition) is 21. The third-order valence-electron chi connectivity index (χ3n) is 14.8. The predicted octanol–water partition coefficient (Wildman–Crippen LogP) is 1.30. The topological polar surface area (TPSA) is 316 Å². The van der Waals surface area contributed by atoms with Gasteiger partial charge in [0.15, 0.2) is 36.0 Å². The molecule has 0 saturated carbocycles. The van der Waals surface area contributed by atoms with Gasteiger partial charge in [-0.05, 0) is 84.9 Å². The largest absolute Gasteiger partial charge is 0.508 e. The maximum atomic E-state index is 15.4. The summed E-state index contributed by atoms with van der Waals surface area (Å²) < 4.78 is 54.4. The van der Waals surface area contributed by atoms with Crippen LogP contribution in [0, 0.1) is 12.8 Å². The van der Waals surface area contributed by atoms with Crippen molar-refractivity contribution >= 4 is 28.1 Å². The fourth-order valence-corrected chi connectivity index (χ4v) is 11.0. The Morgan fingerprint density at radius 2 is 1.36 bits per heavy atom. The van der Waals surface area contributed by atoms with Crippen molar-refractivity contribution < 1.29 is 103 Å². The number of aliphatic hydroxyl groups is 7. The van der Waals surface area contributed by atoms with Crippen molar-refractivity contribution in [3.05, 3.63) is 40.2 Å². The normalized spacial score (nSPS) is 42.8. The molecule has 19 atom stereocenters. The van der Waals surface area contributed by atoms with E-state index < -0.39 is 161 Å². The van der Waals surface area contributed by atoms with E-state index in [2.05, 4.69) is 0 Å². The van der Waals surface area contributed by atoms with Crippen LogP contribution in [-0.2, 0) is 53.9 Å². The van der Waals surface area contributed by atoms with Gasteiger partial charge in [0.05, 0.1) is 58.8 Å². The zero-order valence-electron chi connectivity index (χ0n) is 39.9. The summed E-state index contributed by atoms with van der Waals surface area (Å²) in [6.07, 6.45) is -17.7. The second-order valence-electron chi connectivity index (χ2n) is 20.0. The number of carbonyl (C=O) groups is 3. The predicted molar refractivity (Wildman–Crippen MR) is 235 cm³/mol. The Balaban J connectivity index is 1.10. The van der Waals surface area contributed by atoms with Crippen LogP contribution >= 0.6 is 0 Å². The maximum absolute atomic E-state index is 15.4. The number of ether oxygens (including phenoxy) is 9. The number of aliphatic hydroxyl groups excluding tert-OH is 5. The quantitative estimate of drug-likeness (QED) is 0.152. The monoisotopic (exact) mass is 976 g/mol. The molecule has 0 spiro atoms. The standard InChI is InChI=1S/C48H64O21/c1-17-27(66-31-15-46(7,59)42(55)21(5)64-31)12-24-10-23-11-25-41(61-9)39(54)33(18(2)49)44(57)48(25,45(58)35(23)38(53)34(24)36(17)51)69-30-14-28(37(52)19(3)62-30)67-29-13-26(50)40(20(4)63-29)68-32-16-47(8,60)43(56)22(6)65-32/h10,12,19-22,25-26,28-32,37,40-43,50-53,55-57,59-60H,11,13-16H2,1-9H3. The highest BCUT2D eigenvalue weighted by Crippen LogP contribution is 2.53. The van der Waals surface area contributed by atoms with Crippen molar-refractivity contribution in [2.75, 3.05) is 7.11 Å². The summed E-state index contributed by atoms with van der Waals surface area (Å²) in [5.74, 6) is -6.52. The van der Waals surface area contributed by atoms with Crippen LogP contribution in [0.5, 0.6) is 17.2 Å². The molecule has 0 bridgehead atoms. The number of hydrogen-bond donors (Lipinski definition) is 9. The smallest absolute Gasteiger partial charge is 0.207 e. The summed E-state index contributed by atoms with van der Waals surface area (Å²) in [6.45, 7) is 11.7. The van der Waals surface area contributed by atoms with Gasteiger partial charge in [-0.2, -0.15) is 0 Å². The zero-order valence-corrected chi connectivity index (χ0v) is 39.9. The molecule has 0 amide bonds. The lowest BCUT2D eigenvalue weighted by atomic mass is 9.62. The van der Waals surface area contributed by atoms with Gasteiger partial charge in [0.25, 0.3) is 0 Å². The van der Waals surface area contributed by atoms with Crippen LogP contribution < -0.4 is 4.74 Å². The van der Waals surface area contributed by atoms with Gasteiger partial charge >= 0.3 is 0 Å². The Hall–Kier alpha value is -3.91. The third kappa shape index (κ3) is 8.85. The SMILES string of the molecule is COC1C(=O)C(C(C)=O)=C(O)C2(OC3CC(OC4CC(O)C(OC5CC(C)(O)C(O)C(C)O5)C(C)O4)C(O)C(C)O3)C(=O)c3c(cc4cc(OC5CC(C)(O)C(O)C(C)O5)c(C)c(O)c4c3O)CC12. The fourth-order valence-electron chi connectivity index (χ4n) is 11.0. The number of fused-ring (bicyclic) bond motifs is 3. The lowest BCUT2D eigenvalue weighted by Gasteiger charge is -2.50. The molecule has 21 nitrogen and oxygen atoms in total. The van der Waals surface area contributed by atoms with E-state index in [-0.39, 0.29) is 59.8 Å². The molecule has 4 fully saturated rings. The molecule has 6 aliphatic rings. The van der Waals surface area contributed by atoms with Crippen LogP contribution in [0.4, 0.5) is 0 Å². The van der Waals surface area contributed by atoms with E-state index in [4.69, 9.17) is 42.6 Å². The number of benzene rings is 2. The van der Waals surface area contributed by atoms with E-state index >= 15 is 4.79 Å². The number of ketones is 3. The molecular formula is C48H64O21. The van der Waals surface area contributed by atoms with Gasteiger partial charge in [-0.1, -0.05) is 0 Å². The number of aromatic hydroxyl groups is 2. The van der Waals surface area contributed by atoms with Gasteiger partial charge < -0.3 is 88.6 Å². The molecule has 2 aromatic carbocycles. The van der Waals surface area contributed by atoms with Gasteiger partial charge in [-0.25, -0.2) is 0 Å². The van der Waals surface area contributed by atoms with Crippen LogP contribution in [0.25, 0.3) is 10.8 Å². The minimum atomic E-state index is -2.65. The average molecular weight is 977 g/mol. The molecule has 69 heavy (non-hydrogen) atoms. The molecule has 19 unspecified atom stereocenters. The van der Waals surface area contributed by atoms with E-state index in [9.17, 15) is 55.5 Å². The molecule has 9 N–H and O–H groups in total. The van der Waals surface area contributed by atoms with E-state index in [1.807, 2.05) is 0 Å². The van der Waals surface area contributed by atoms with E-state index in [1.165, 1.54) is 46.9 Å². The Kier molecular flexibility index (Phi) is 13.9. The third-order valence-corrected chi connectivity index (χ3v) is 14.8. The summed E-state index contributed by atoms with van der Waals surface area (Å²) in [5.41, 5.74) is -6.66. The van der Waals surface area contributed by atoms with Crippen molar-refractivity contribution in [3.8, 4) is 17.2 Å². The fraction of sp³-hybridized carbons (Fsp3) is 0.688. The van der Waals surface area contributed by atoms with Crippen LogP contribution in [0.3, 0.4) is 0 Å². The van der Waals surface area contributed by atoms with Gasteiger partial charge in [0.1, 0.15) is 59.1 Å². The molecular weight excluding hydrogens is 913 g/mol. The summed E-state index contributed by atoms with van der Waals surface area (Å²) in [4.78, 5) is 42.6. The van der Waals surface area contributed by atoms with Crippen molar-refractivity contribution in [1.82, 2.24) is 0 Å². The van der Waals surface area contributed by atoms with Crippen molar-refractivity contribution in [2.45, 2.75) is 197 Å². The van der Waals surface area contributed by atoms with E-state index in [0.29, 0.717) is 0 Å². The van der Waals surface area contributed by atoms with Gasteiger partial charge in [-0.15, -0.1) is 0 Å². The molecule has 4 aliphatic heterocycles. The van der Waals surface area contributed by atoms with E-state index in [0.717, 1.165) is 6.92 Å². The lowest BCUT2D eigenvalue weighted by molar-refractivity contribution is -0.339. The van der Waals surface area contributed by atoms with Crippen molar-refractivity contribution in [3.63, 3.8) is 0 Å². The van der Waals surface area contributed by atoms with Crippen molar-refractivity contribution in [1.29, 1.82) is 0 Å². The Bertz CT molecular complexity index is 2370. The summed E-state index contributed by atoms with van der Waals surface area (Å²) in [7, 11) is 1.19. The van der Waals surface area contributed by atoms with Crippen LogP contribution in [0.1, 0.15) is 95.6 Å². The van der Waals surface area contributed by atoms with Gasteiger partial charge in [0, 0.05) is 44.3 Å². The van der Waals surface area contributed by atoms with Gasteiger partial charge in [-0.3, -0.25) is 14.4 Å². The molecule has 2 aromatic rings. The van der Waals surface area contributed by atoms with E-state index in [1.54, 1.807) is 20.8 Å². The molecule has 4 saturated heterocycles. The first-order valence-corrected chi connectivity index (χ1v) is 23.2. The summed E-state index contributed by atoms with van der Waals surface area (Å²) >= 11 is 0. The minimum Gasteiger partial charge on any atom is -0.508 e. The second kappa shape index (κ2) is 18.6. The molecule has 382 valence electrons.